The maximum Gasteiger partial charge on any atom is 0.243 e. The molecule has 1 aliphatic heterocycles. The number of thiophene rings is 1. The quantitative estimate of drug-likeness (QED) is 0.188. The molecule has 1 fully saturated rings. The Morgan fingerprint density at radius 3 is 2.97 bits per heavy atom. The van der Waals surface area contributed by atoms with Gasteiger partial charge in [-0.15, -0.1) is 0 Å². The van der Waals surface area contributed by atoms with Gasteiger partial charge in [-0.05, 0) is 25.3 Å². The normalized spacial score (nSPS) is 14.1. The molecular formula is C23H26N6O4S. The van der Waals surface area contributed by atoms with E-state index in [1.54, 1.807) is 23.0 Å². The van der Waals surface area contributed by atoms with E-state index in [0.717, 1.165) is 63.5 Å². The Labute approximate surface area is 199 Å². The lowest BCUT2D eigenvalue weighted by atomic mass is 10.1. The Morgan fingerprint density at radius 2 is 2.12 bits per heavy atom. The van der Waals surface area contributed by atoms with Gasteiger partial charge in [-0.3, -0.25) is 15.1 Å². The summed E-state index contributed by atoms with van der Waals surface area (Å²) in [5.74, 6) is 1.20. The van der Waals surface area contributed by atoms with E-state index in [1.807, 2.05) is 24.3 Å². The minimum Gasteiger partial charge on any atom is -0.484 e. The molecular weight excluding hydrogens is 456 g/mol. The van der Waals surface area contributed by atoms with Gasteiger partial charge in [0.2, 0.25) is 5.91 Å². The molecule has 0 radical (unpaired) electrons. The zero-order chi connectivity index (χ0) is 23.3. The highest BCUT2D eigenvalue weighted by molar-refractivity contribution is 7.21. The van der Waals surface area contributed by atoms with Crippen molar-refractivity contribution >= 4 is 44.2 Å². The van der Waals surface area contributed by atoms with Crippen LogP contribution < -0.4 is 15.1 Å². The predicted molar refractivity (Wildman–Crippen MR) is 129 cm³/mol. The number of aromatic nitrogens is 4. The number of amides is 1. The van der Waals surface area contributed by atoms with Crippen LogP contribution >= 0.6 is 11.3 Å². The highest BCUT2D eigenvalue weighted by Gasteiger charge is 2.21. The van der Waals surface area contributed by atoms with Crippen molar-refractivity contribution in [3.8, 4) is 16.5 Å². The van der Waals surface area contributed by atoms with Crippen LogP contribution in [0.1, 0.15) is 25.7 Å². The third-order valence-corrected chi connectivity index (χ3v) is 6.82. The smallest absolute Gasteiger partial charge is 0.243 e. The second-order valence-corrected chi connectivity index (χ2v) is 9.10. The van der Waals surface area contributed by atoms with Crippen molar-refractivity contribution in [2.24, 2.45) is 0 Å². The fourth-order valence-electron chi connectivity index (χ4n) is 4.03. The van der Waals surface area contributed by atoms with Crippen LogP contribution in [0, 0.1) is 0 Å². The first kappa shape index (κ1) is 22.5. The van der Waals surface area contributed by atoms with Crippen molar-refractivity contribution < 1.29 is 19.5 Å². The standard InChI is InChI=1S/C23H26N6O4S/c30-19(28-31)7-2-1-3-10-33-20-13-18-21(34-20)23(29-8-11-32-12-9-29)26-22(25-18)15-5-4-6-17-16(15)14-24-27-17/h4-6,13-14,31H,1-3,7-12H2,(H,24,27)(H,28,30). The van der Waals surface area contributed by atoms with Gasteiger partial charge in [-0.2, -0.15) is 5.10 Å². The molecule has 0 atom stereocenters. The number of anilines is 1. The number of hydroxylamine groups is 1. The Hall–Kier alpha value is -3.28. The topological polar surface area (TPSA) is 125 Å². The predicted octanol–water partition coefficient (Wildman–Crippen LogP) is 3.52. The van der Waals surface area contributed by atoms with Crippen LogP contribution in [0.2, 0.25) is 0 Å². The number of hydrogen-bond acceptors (Lipinski definition) is 9. The summed E-state index contributed by atoms with van der Waals surface area (Å²) in [6, 6.07) is 7.96. The van der Waals surface area contributed by atoms with Gasteiger partial charge in [0.15, 0.2) is 16.7 Å². The highest BCUT2D eigenvalue weighted by Crippen LogP contribution is 2.39. The van der Waals surface area contributed by atoms with Crippen LogP contribution in [0.25, 0.3) is 32.5 Å². The van der Waals surface area contributed by atoms with Gasteiger partial charge in [0, 0.05) is 36.5 Å². The van der Waals surface area contributed by atoms with Gasteiger partial charge < -0.3 is 14.4 Å². The van der Waals surface area contributed by atoms with E-state index in [1.165, 1.54) is 0 Å². The summed E-state index contributed by atoms with van der Waals surface area (Å²) >= 11 is 1.55. The molecule has 0 unspecified atom stereocenters. The molecule has 11 heteroatoms. The first-order chi connectivity index (χ1) is 16.7. The molecule has 0 saturated carbocycles. The molecule has 1 aliphatic rings. The molecule has 0 spiro atoms. The van der Waals surface area contributed by atoms with Crippen LogP contribution in [0.15, 0.2) is 30.5 Å². The first-order valence-corrected chi connectivity index (χ1v) is 12.2. The fraction of sp³-hybridized carbons (Fsp3) is 0.391. The lowest BCUT2D eigenvalue weighted by Crippen LogP contribution is -2.36. The highest BCUT2D eigenvalue weighted by atomic mass is 32.1. The molecule has 1 aromatic carbocycles. The number of carbonyl (C=O) groups is 1. The number of H-pyrrole nitrogens is 1. The molecule has 3 aromatic heterocycles. The summed E-state index contributed by atoms with van der Waals surface area (Å²) in [5, 5.41) is 17.5. The first-order valence-electron chi connectivity index (χ1n) is 11.4. The van der Waals surface area contributed by atoms with Gasteiger partial charge in [0.25, 0.3) is 0 Å². The number of aromatic amines is 1. The number of carbonyl (C=O) groups excluding carboxylic acids is 1. The number of nitrogens with one attached hydrogen (secondary N) is 2. The lowest BCUT2D eigenvalue weighted by Gasteiger charge is -2.28. The van der Waals surface area contributed by atoms with E-state index in [9.17, 15) is 4.79 Å². The number of morpholine rings is 1. The van der Waals surface area contributed by atoms with Crippen LogP contribution in [0.3, 0.4) is 0 Å². The number of rotatable bonds is 9. The summed E-state index contributed by atoms with van der Waals surface area (Å²) in [4.78, 5) is 23.2. The van der Waals surface area contributed by atoms with E-state index < -0.39 is 0 Å². The third-order valence-electron chi connectivity index (χ3n) is 5.78. The summed E-state index contributed by atoms with van der Waals surface area (Å²) in [6.07, 6.45) is 4.49. The Kier molecular flexibility index (Phi) is 6.84. The maximum absolute atomic E-state index is 11.1. The Balaban J connectivity index is 1.40. The van der Waals surface area contributed by atoms with Crippen molar-refractivity contribution in [1.29, 1.82) is 0 Å². The largest absolute Gasteiger partial charge is 0.484 e. The van der Waals surface area contributed by atoms with E-state index in [0.29, 0.717) is 38.5 Å². The molecule has 1 amide bonds. The summed E-state index contributed by atoms with van der Waals surface area (Å²) in [5.41, 5.74) is 4.39. The van der Waals surface area contributed by atoms with Gasteiger partial charge in [-0.25, -0.2) is 15.4 Å². The van der Waals surface area contributed by atoms with Crippen LogP contribution in [0.5, 0.6) is 5.06 Å². The van der Waals surface area contributed by atoms with E-state index in [4.69, 9.17) is 24.6 Å². The molecule has 4 heterocycles. The molecule has 34 heavy (non-hydrogen) atoms. The number of ether oxygens (including phenoxy) is 2. The Morgan fingerprint density at radius 1 is 1.24 bits per heavy atom. The SMILES string of the molecule is O=C(CCCCCOc1cc2nc(-c3cccc4[nH]ncc34)nc(N3CCOCC3)c2s1)NO. The minimum absolute atomic E-state index is 0.310. The zero-order valence-electron chi connectivity index (χ0n) is 18.6. The number of nitrogens with zero attached hydrogens (tertiary/aromatic N) is 4. The molecule has 0 aliphatic carbocycles. The van der Waals surface area contributed by atoms with Crippen LogP contribution in [-0.4, -0.2) is 64.2 Å². The minimum atomic E-state index is -0.360. The van der Waals surface area contributed by atoms with Gasteiger partial charge in [-0.1, -0.05) is 23.5 Å². The number of benzene rings is 1. The summed E-state index contributed by atoms with van der Waals surface area (Å²) < 4.78 is 12.6. The number of unbranched alkanes of at least 4 members (excludes halogenated alkanes) is 2. The summed E-state index contributed by atoms with van der Waals surface area (Å²) in [7, 11) is 0. The monoisotopic (exact) mass is 482 g/mol. The molecule has 4 aromatic rings. The molecule has 1 saturated heterocycles. The molecule has 0 bridgehead atoms. The average Bonchev–Trinajstić information content (AvgIpc) is 3.52. The van der Waals surface area contributed by atoms with Gasteiger partial charge >= 0.3 is 0 Å². The van der Waals surface area contributed by atoms with E-state index in [2.05, 4.69) is 15.1 Å². The molecule has 5 rings (SSSR count). The third kappa shape index (κ3) is 4.81. The number of fused-ring (bicyclic) bond motifs is 2. The maximum atomic E-state index is 11.1. The van der Waals surface area contributed by atoms with E-state index >= 15 is 0 Å². The van der Waals surface area contributed by atoms with Crippen LogP contribution in [-0.2, 0) is 9.53 Å². The lowest BCUT2D eigenvalue weighted by molar-refractivity contribution is -0.129. The van der Waals surface area contributed by atoms with Crippen molar-refractivity contribution in [3.63, 3.8) is 0 Å². The van der Waals surface area contributed by atoms with Crippen molar-refractivity contribution in [3.05, 3.63) is 30.5 Å². The van der Waals surface area contributed by atoms with Crippen molar-refractivity contribution in [1.82, 2.24) is 25.6 Å². The summed E-state index contributed by atoms with van der Waals surface area (Å²) in [6.45, 7) is 3.44. The second kappa shape index (κ2) is 10.3. The second-order valence-electron chi connectivity index (χ2n) is 8.08. The Bertz CT molecular complexity index is 1280. The number of hydrogen-bond donors (Lipinski definition) is 3. The molecule has 178 valence electrons. The van der Waals surface area contributed by atoms with Gasteiger partial charge in [0.1, 0.15) is 0 Å². The fourth-order valence-corrected chi connectivity index (χ4v) is 5.02. The van der Waals surface area contributed by atoms with Crippen molar-refractivity contribution in [2.75, 3.05) is 37.8 Å². The van der Waals surface area contributed by atoms with Crippen molar-refractivity contribution in [2.45, 2.75) is 25.7 Å². The molecule has 10 nitrogen and oxygen atoms in total. The zero-order valence-corrected chi connectivity index (χ0v) is 19.4. The average molecular weight is 483 g/mol. The molecule has 3 N–H and O–H groups in total. The van der Waals surface area contributed by atoms with E-state index in [-0.39, 0.29) is 5.91 Å². The van der Waals surface area contributed by atoms with Gasteiger partial charge in [0.05, 0.1) is 41.8 Å². The van der Waals surface area contributed by atoms with Crippen LogP contribution in [0.4, 0.5) is 5.82 Å².